The van der Waals surface area contributed by atoms with Crippen LogP contribution in [-0.4, -0.2) is 24.9 Å². The molecule has 0 fully saturated rings. The van der Waals surface area contributed by atoms with Gasteiger partial charge in [0.1, 0.15) is 5.82 Å². The largest absolute Gasteiger partial charge is 0.475 e. The van der Waals surface area contributed by atoms with E-state index in [9.17, 15) is 34.9 Å². The molecule has 160 valence electrons. The number of aromatic amines is 1. The number of halogens is 7. The molecule has 3 aromatic rings. The van der Waals surface area contributed by atoms with Crippen LogP contribution in [0.2, 0.25) is 0 Å². The van der Waals surface area contributed by atoms with Crippen LogP contribution in [0.5, 0.6) is 0 Å². The summed E-state index contributed by atoms with van der Waals surface area (Å²) in [4.78, 5) is 2.95. The average Bonchev–Trinajstić information content (AvgIpc) is 3.04. The summed E-state index contributed by atoms with van der Waals surface area (Å²) in [5, 5.41) is 8.16. The number of hydrogen-bond acceptors (Lipinski definition) is 5. The SMILES string of the molecule is Nc1nc(Nc2cc(F)c(-c3ccc(S(=O)C(F)(F)F)cc3)c(C(F)(F)F)c2)n[nH]1. The van der Waals surface area contributed by atoms with Crippen LogP contribution >= 0.6 is 0 Å². The smallest absolute Gasteiger partial charge is 0.368 e. The van der Waals surface area contributed by atoms with Gasteiger partial charge in [0.2, 0.25) is 11.9 Å². The Hall–Kier alpha value is -3.16. The van der Waals surface area contributed by atoms with Gasteiger partial charge in [0, 0.05) is 16.1 Å². The molecule has 0 spiro atoms. The van der Waals surface area contributed by atoms with Crippen molar-refractivity contribution >= 4 is 28.4 Å². The Bertz CT molecular complexity index is 1090. The summed E-state index contributed by atoms with van der Waals surface area (Å²) in [6.45, 7) is 0. The van der Waals surface area contributed by atoms with Gasteiger partial charge in [-0.3, -0.25) is 0 Å². The highest BCUT2D eigenvalue weighted by atomic mass is 32.2. The van der Waals surface area contributed by atoms with Crippen molar-refractivity contribution in [3.63, 3.8) is 0 Å². The van der Waals surface area contributed by atoms with E-state index < -0.39 is 44.3 Å². The number of hydrogen-bond donors (Lipinski definition) is 3. The molecule has 0 aliphatic carbocycles. The molecule has 0 saturated heterocycles. The molecule has 6 nitrogen and oxygen atoms in total. The van der Waals surface area contributed by atoms with E-state index in [1.54, 1.807) is 0 Å². The number of aromatic nitrogens is 3. The molecule has 4 N–H and O–H groups in total. The molecule has 1 aromatic heterocycles. The lowest BCUT2D eigenvalue weighted by Crippen LogP contribution is -2.16. The van der Waals surface area contributed by atoms with Gasteiger partial charge in [-0.1, -0.05) is 12.1 Å². The number of anilines is 3. The monoisotopic (exact) mass is 453 g/mol. The first kappa shape index (κ1) is 21.5. The number of nitrogens with two attached hydrogens (primary N) is 1. The van der Waals surface area contributed by atoms with Gasteiger partial charge in [0.25, 0.3) is 0 Å². The van der Waals surface area contributed by atoms with E-state index in [1.165, 1.54) is 0 Å². The molecule has 3 rings (SSSR count). The van der Waals surface area contributed by atoms with E-state index in [0.717, 1.165) is 30.3 Å². The quantitative estimate of drug-likeness (QED) is 0.503. The van der Waals surface area contributed by atoms with Crippen LogP contribution in [0.1, 0.15) is 5.56 Å². The zero-order chi connectivity index (χ0) is 22.3. The number of rotatable bonds is 4. The van der Waals surface area contributed by atoms with Gasteiger partial charge in [-0.25, -0.2) is 13.7 Å². The van der Waals surface area contributed by atoms with Gasteiger partial charge < -0.3 is 11.1 Å². The Kier molecular flexibility index (Phi) is 5.45. The Morgan fingerprint density at radius 1 is 1.03 bits per heavy atom. The third-order valence-electron chi connectivity index (χ3n) is 3.72. The second kappa shape index (κ2) is 7.59. The van der Waals surface area contributed by atoms with Crippen LogP contribution in [-0.2, 0) is 17.0 Å². The molecule has 2 aromatic carbocycles. The predicted molar refractivity (Wildman–Crippen MR) is 93.4 cm³/mol. The zero-order valence-corrected chi connectivity index (χ0v) is 15.2. The van der Waals surface area contributed by atoms with Crippen LogP contribution in [0.15, 0.2) is 41.3 Å². The summed E-state index contributed by atoms with van der Waals surface area (Å²) in [5.41, 5.74) is -2.69. The topological polar surface area (TPSA) is 96.7 Å². The first-order chi connectivity index (χ1) is 13.9. The van der Waals surface area contributed by atoms with Crippen LogP contribution in [0.4, 0.5) is 48.3 Å². The molecule has 1 atom stereocenters. The van der Waals surface area contributed by atoms with Crippen molar-refractivity contribution in [2.45, 2.75) is 16.6 Å². The van der Waals surface area contributed by atoms with Gasteiger partial charge in [-0.2, -0.15) is 31.3 Å². The maximum atomic E-state index is 14.6. The highest BCUT2D eigenvalue weighted by molar-refractivity contribution is 7.86. The number of nitrogens with zero attached hydrogens (tertiary/aromatic N) is 2. The lowest BCUT2D eigenvalue weighted by Gasteiger charge is -2.16. The molecule has 0 bridgehead atoms. The van der Waals surface area contributed by atoms with Crippen molar-refractivity contribution in [1.82, 2.24) is 15.2 Å². The Labute approximate surface area is 165 Å². The fourth-order valence-corrected chi connectivity index (χ4v) is 3.18. The van der Waals surface area contributed by atoms with Crippen LogP contribution < -0.4 is 11.1 Å². The number of benzene rings is 2. The Balaban J connectivity index is 2.04. The van der Waals surface area contributed by atoms with Crippen molar-refractivity contribution < 1.29 is 34.9 Å². The van der Waals surface area contributed by atoms with E-state index in [2.05, 4.69) is 20.5 Å². The summed E-state index contributed by atoms with van der Waals surface area (Å²) in [7, 11) is -3.37. The third-order valence-corrected chi connectivity index (χ3v) is 4.84. The lowest BCUT2D eigenvalue weighted by molar-refractivity contribution is -0.137. The van der Waals surface area contributed by atoms with Gasteiger partial charge in [0.15, 0.2) is 10.8 Å². The lowest BCUT2D eigenvalue weighted by atomic mass is 9.98. The molecule has 0 aliphatic rings. The number of H-pyrrole nitrogens is 1. The van der Waals surface area contributed by atoms with E-state index >= 15 is 0 Å². The zero-order valence-electron chi connectivity index (χ0n) is 14.4. The molecule has 14 heteroatoms. The highest BCUT2D eigenvalue weighted by Gasteiger charge is 2.38. The van der Waals surface area contributed by atoms with Crippen molar-refractivity contribution in [3.8, 4) is 11.1 Å². The molecule has 1 heterocycles. The average molecular weight is 453 g/mol. The van der Waals surface area contributed by atoms with Crippen LogP contribution in [0.3, 0.4) is 0 Å². The molecule has 0 aliphatic heterocycles. The summed E-state index contributed by atoms with van der Waals surface area (Å²) in [5.74, 6) is -1.63. The van der Waals surface area contributed by atoms with E-state index in [-0.39, 0.29) is 23.1 Å². The van der Waals surface area contributed by atoms with Gasteiger partial charge in [0.05, 0.1) is 5.56 Å². The van der Waals surface area contributed by atoms with Gasteiger partial charge in [-0.15, -0.1) is 5.10 Å². The molecule has 0 amide bonds. The van der Waals surface area contributed by atoms with Crippen LogP contribution in [0.25, 0.3) is 11.1 Å². The minimum absolute atomic E-state index is 0.123. The number of alkyl halides is 6. The maximum Gasteiger partial charge on any atom is 0.475 e. The third kappa shape index (κ3) is 4.53. The van der Waals surface area contributed by atoms with E-state index in [4.69, 9.17) is 5.73 Å². The molecular formula is C16H10F7N5OS. The molecule has 0 radical (unpaired) electrons. The summed E-state index contributed by atoms with van der Waals surface area (Å²) < 4.78 is 104. The number of nitrogens with one attached hydrogen (secondary N) is 2. The van der Waals surface area contributed by atoms with Crippen LogP contribution in [0, 0.1) is 5.82 Å². The van der Waals surface area contributed by atoms with Gasteiger partial charge >= 0.3 is 11.7 Å². The predicted octanol–water partition coefficient (Wildman–Crippen LogP) is 4.58. The fraction of sp³-hybridized carbons (Fsp3) is 0.125. The van der Waals surface area contributed by atoms with E-state index in [1.807, 2.05) is 0 Å². The highest BCUT2D eigenvalue weighted by Crippen LogP contribution is 2.41. The summed E-state index contributed by atoms with van der Waals surface area (Å²) >= 11 is 0. The minimum atomic E-state index is -5.04. The first-order valence-electron chi connectivity index (χ1n) is 7.81. The minimum Gasteiger partial charge on any atom is -0.368 e. The summed E-state index contributed by atoms with van der Waals surface area (Å²) in [6, 6.07) is 4.43. The number of nitrogen functional groups attached to an aromatic ring is 1. The van der Waals surface area contributed by atoms with Crippen molar-refractivity contribution in [2.75, 3.05) is 11.1 Å². The van der Waals surface area contributed by atoms with Crippen molar-refractivity contribution in [2.24, 2.45) is 0 Å². The Morgan fingerprint density at radius 2 is 1.67 bits per heavy atom. The van der Waals surface area contributed by atoms with Crippen molar-refractivity contribution in [3.05, 3.63) is 47.8 Å². The maximum absolute atomic E-state index is 14.6. The normalized spacial score (nSPS) is 13.3. The standard InChI is InChI=1S/C16H10F7N5OS/c17-11-6-8(25-14-26-13(24)27-28-14)5-10(15(18,19)20)12(11)7-1-3-9(4-2-7)30(29)16(21,22)23/h1-6H,(H4,24,25,26,27,28). The van der Waals surface area contributed by atoms with Gasteiger partial charge in [-0.05, 0) is 29.8 Å². The summed E-state index contributed by atoms with van der Waals surface area (Å²) in [6.07, 6.45) is -5.00. The van der Waals surface area contributed by atoms with E-state index in [0.29, 0.717) is 6.07 Å². The molecule has 1 unspecified atom stereocenters. The van der Waals surface area contributed by atoms with Crippen molar-refractivity contribution in [1.29, 1.82) is 0 Å². The second-order valence-electron chi connectivity index (χ2n) is 5.79. The Morgan fingerprint density at radius 3 is 2.17 bits per heavy atom. The molecular weight excluding hydrogens is 443 g/mol. The molecule has 30 heavy (non-hydrogen) atoms. The first-order valence-corrected chi connectivity index (χ1v) is 8.96. The fourth-order valence-electron chi connectivity index (χ4n) is 2.53. The second-order valence-corrected chi connectivity index (χ2v) is 7.26. The molecule has 0 saturated carbocycles.